The van der Waals surface area contributed by atoms with Crippen molar-refractivity contribution in [2.24, 2.45) is 0 Å². The minimum Gasteiger partial charge on any atom is -0.507 e. The van der Waals surface area contributed by atoms with Gasteiger partial charge in [0, 0.05) is 5.56 Å². The molecule has 0 spiro atoms. The van der Waals surface area contributed by atoms with Crippen LogP contribution in [-0.2, 0) is 9.59 Å². The number of hydrogen-bond donors (Lipinski definition) is 1. The van der Waals surface area contributed by atoms with E-state index in [4.69, 9.17) is 4.74 Å². The topological polar surface area (TPSA) is 92.6 Å². The molecule has 3 aromatic rings. The van der Waals surface area contributed by atoms with Crippen molar-refractivity contribution in [2.45, 2.75) is 19.9 Å². The number of carbonyl (C=O) groups excluding carboxylic acids is 2. The summed E-state index contributed by atoms with van der Waals surface area (Å²) in [6.07, 6.45) is 1.64. The number of carbonyl (C=O) groups is 2. The Labute approximate surface area is 189 Å². The summed E-state index contributed by atoms with van der Waals surface area (Å²) >= 11 is 1.21. The van der Waals surface area contributed by atoms with Crippen molar-refractivity contribution in [3.8, 4) is 5.75 Å². The normalized spacial score (nSPS) is 17.6. The number of ketones is 1. The van der Waals surface area contributed by atoms with Crippen LogP contribution in [0.4, 0.5) is 5.13 Å². The number of aryl methyl sites for hydroxylation is 2. The zero-order valence-corrected chi connectivity index (χ0v) is 18.4. The SMILES string of the molecule is C=CCOc1ccc(C2/C(=C(/O)c3ccc(C)cc3)C(=O)C(=O)N2c2nnc(C)s2)cc1. The lowest BCUT2D eigenvalue weighted by atomic mass is 9.95. The summed E-state index contributed by atoms with van der Waals surface area (Å²) in [4.78, 5) is 27.4. The molecular weight excluding hydrogens is 426 g/mol. The van der Waals surface area contributed by atoms with E-state index in [1.165, 1.54) is 16.2 Å². The Balaban J connectivity index is 1.86. The summed E-state index contributed by atoms with van der Waals surface area (Å²) < 4.78 is 5.54. The van der Waals surface area contributed by atoms with Crippen LogP contribution in [0.2, 0.25) is 0 Å². The van der Waals surface area contributed by atoms with Crippen LogP contribution in [0.1, 0.15) is 27.7 Å². The van der Waals surface area contributed by atoms with Gasteiger partial charge in [0.05, 0.1) is 11.6 Å². The largest absolute Gasteiger partial charge is 0.507 e. The van der Waals surface area contributed by atoms with Gasteiger partial charge < -0.3 is 9.84 Å². The number of aliphatic hydroxyl groups excluding tert-OH is 1. The fourth-order valence-corrected chi connectivity index (χ4v) is 4.21. The fraction of sp³-hybridized carbons (Fsp3) is 0.167. The molecule has 1 aromatic heterocycles. The molecule has 1 aliphatic heterocycles. The molecule has 1 amide bonds. The van der Waals surface area contributed by atoms with Gasteiger partial charge in [-0.3, -0.25) is 14.5 Å². The van der Waals surface area contributed by atoms with E-state index in [9.17, 15) is 14.7 Å². The van der Waals surface area contributed by atoms with Crippen molar-refractivity contribution in [1.82, 2.24) is 10.2 Å². The monoisotopic (exact) mass is 447 g/mol. The van der Waals surface area contributed by atoms with Crippen LogP contribution < -0.4 is 9.64 Å². The van der Waals surface area contributed by atoms with E-state index in [0.29, 0.717) is 33.6 Å². The zero-order valence-electron chi connectivity index (χ0n) is 17.6. The van der Waals surface area contributed by atoms with E-state index in [1.807, 2.05) is 19.1 Å². The van der Waals surface area contributed by atoms with Gasteiger partial charge in [0.1, 0.15) is 23.1 Å². The molecule has 0 radical (unpaired) electrons. The van der Waals surface area contributed by atoms with Gasteiger partial charge in [0.15, 0.2) is 0 Å². The van der Waals surface area contributed by atoms with Gasteiger partial charge in [-0.05, 0) is 31.5 Å². The molecule has 1 unspecified atom stereocenters. The summed E-state index contributed by atoms with van der Waals surface area (Å²) in [5, 5.41) is 20.1. The van der Waals surface area contributed by atoms with E-state index in [-0.39, 0.29) is 11.3 Å². The maximum Gasteiger partial charge on any atom is 0.301 e. The highest BCUT2D eigenvalue weighted by Crippen LogP contribution is 2.43. The summed E-state index contributed by atoms with van der Waals surface area (Å²) in [6.45, 7) is 7.68. The number of nitrogens with zero attached hydrogens (tertiary/aromatic N) is 3. The molecule has 162 valence electrons. The number of Topliss-reactive ketones (excluding diaryl/α,β-unsaturated/α-hetero) is 1. The molecule has 7 nitrogen and oxygen atoms in total. The third kappa shape index (κ3) is 3.92. The lowest BCUT2D eigenvalue weighted by Crippen LogP contribution is -2.29. The maximum absolute atomic E-state index is 13.1. The lowest BCUT2D eigenvalue weighted by Gasteiger charge is -2.22. The molecule has 0 bridgehead atoms. The summed E-state index contributed by atoms with van der Waals surface area (Å²) in [6, 6.07) is 13.3. The first-order valence-corrected chi connectivity index (χ1v) is 10.7. The second-order valence-corrected chi connectivity index (χ2v) is 8.47. The number of amides is 1. The van der Waals surface area contributed by atoms with E-state index in [1.54, 1.807) is 49.4 Å². The van der Waals surface area contributed by atoms with Crippen LogP contribution in [-0.4, -0.2) is 33.6 Å². The predicted molar refractivity (Wildman–Crippen MR) is 123 cm³/mol. The van der Waals surface area contributed by atoms with Crippen LogP contribution in [0.3, 0.4) is 0 Å². The Morgan fingerprint density at radius 3 is 2.41 bits per heavy atom. The minimum absolute atomic E-state index is 0.00599. The molecule has 1 N–H and O–H groups in total. The first kappa shape index (κ1) is 21.5. The van der Waals surface area contributed by atoms with Crippen molar-refractivity contribution in [3.63, 3.8) is 0 Å². The number of ether oxygens (including phenoxy) is 1. The van der Waals surface area contributed by atoms with Crippen LogP contribution in [0.25, 0.3) is 5.76 Å². The zero-order chi connectivity index (χ0) is 22.8. The highest BCUT2D eigenvalue weighted by atomic mass is 32.1. The van der Waals surface area contributed by atoms with Crippen molar-refractivity contribution < 1.29 is 19.4 Å². The van der Waals surface area contributed by atoms with Crippen LogP contribution in [0.15, 0.2) is 66.8 Å². The predicted octanol–water partition coefficient (Wildman–Crippen LogP) is 4.35. The Bertz CT molecular complexity index is 1210. The quantitative estimate of drug-likeness (QED) is 0.261. The van der Waals surface area contributed by atoms with Crippen molar-refractivity contribution >= 4 is 33.9 Å². The molecule has 1 saturated heterocycles. The molecule has 8 heteroatoms. The molecule has 2 aromatic carbocycles. The van der Waals surface area contributed by atoms with Crippen molar-refractivity contribution in [1.29, 1.82) is 0 Å². The Morgan fingerprint density at radius 2 is 1.81 bits per heavy atom. The fourth-order valence-electron chi connectivity index (χ4n) is 3.50. The highest BCUT2D eigenvalue weighted by molar-refractivity contribution is 7.15. The second kappa shape index (κ2) is 8.76. The van der Waals surface area contributed by atoms with Gasteiger partial charge in [-0.15, -0.1) is 10.2 Å². The molecule has 4 rings (SSSR count). The molecule has 0 aliphatic carbocycles. The highest BCUT2D eigenvalue weighted by Gasteiger charge is 2.48. The molecule has 2 heterocycles. The number of benzene rings is 2. The second-order valence-electron chi connectivity index (χ2n) is 7.31. The third-order valence-corrected chi connectivity index (χ3v) is 5.89. The molecule has 1 aliphatic rings. The Morgan fingerprint density at radius 1 is 1.12 bits per heavy atom. The van der Waals surface area contributed by atoms with Crippen LogP contribution in [0.5, 0.6) is 5.75 Å². The lowest BCUT2D eigenvalue weighted by molar-refractivity contribution is -0.132. The van der Waals surface area contributed by atoms with E-state index >= 15 is 0 Å². The van der Waals surface area contributed by atoms with Crippen LogP contribution in [0, 0.1) is 13.8 Å². The maximum atomic E-state index is 13.1. The Hall–Kier alpha value is -3.78. The number of aromatic nitrogens is 2. The van der Waals surface area contributed by atoms with E-state index in [0.717, 1.165) is 5.56 Å². The third-order valence-electron chi connectivity index (χ3n) is 5.05. The number of rotatable bonds is 6. The van der Waals surface area contributed by atoms with Gasteiger partial charge >= 0.3 is 5.91 Å². The molecule has 1 atom stereocenters. The average molecular weight is 448 g/mol. The van der Waals surface area contributed by atoms with E-state index < -0.39 is 17.7 Å². The van der Waals surface area contributed by atoms with Gasteiger partial charge in [-0.25, -0.2) is 0 Å². The van der Waals surface area contributed by atoms with Crippen LogP contribution >= 0.6 is 11.3 Å². The molecular formula is C24H21N3O4S. The standard InChI is InChI=1S/C24H21N3O4S/c1-4-13-31-18-11-9-16(10-12-18)20-19(21(28)17-7-5-14(2)6-8-17)22(29)23(30)27(20)24-26-25-15(3)32-24/h4-12,20,28H,1,13H2,2-3H3/b21-19-. The number of anilines is 1. The number of aliphatic hydroxyl groups is 1. The van der Waals surface area contributed by atoms with Gasteiger partial charge in [0.25, 0.3) is 5.78 Å². The summed E-state index contributed by atoms with van der Waals surface area (Å²) in [7, 11) is 0. The molecule has 0 saturated carbocycles. The van der Waals surface area contributed by atoms with Gasteiger partial charge in [0.2, 0.25) is 5.13 Å². The van der Waals surface area contributed by atoms with Crippen molar-refractivity contribution in [3.05, 3.63) is 88.5 Å². The Kier molecular flexibility index (Phi) is 5.87. The average Bonchev–Trinajstić information content (AvgIpc) is 3.33. The smallest absolute Gasteiger partial charge is 0.301 e. The van der Waals surface area contributed by atoms with Gasteiger partial charge in [-0.2, -0.15) is 0 Å². The number of hydrogen-bond acceptors (Lipinski definition) is 7. The van der Waals surface area contributed by atoms with Gasteiger partial charge in [-0.1, -0.05) is 66.0 Å². The minimum atomic E-state index is -0.850. The van der Waals surface area contributed by atoms with E-state index in [2.05, 4.69) is 16.8 Å². The molecule has 1 fully saturated rings. The molecule has 32 heavy (non-hydrogen) atoms. The summed E-state index contributed by atoms with van der Waals surface area (Å²) in [5.74, 6) is -1.14. The summed E-state index contributed by atoms with van der Waals surface area (Å²) in [5.41, 5.74) is 2.11. The first-order chi connectivity index (χ1) is 15.4. The first-order valence-electron chi connectivity index (χ1n) is 9.92. The van der Waals surface area contributed by atoms with Crippen molar-refractivity contribution in [2.75, 3.05) is 11.5 Å².